The summed E-state index contributed by atoms with van der Waals surface area (Å²) in [6, 6.07) is 4.20. The van der Waals surface area contributed by atoms with Gasteiger partial charge in [0.2, 0.25) is 5.91 Å². The molecular formula is C20H24N4O6. The molecule has 0 bridgehead atoms. The van der Waals surface area contributed by atoms with Gasteiger partial charge in [0, 0.05) is 11.8 Å². The van der Waals surface area contributed by atoms with Crippen LogP contribution in [-0.2, 0) is 14.3 Å². The number of hydrogen-bond acceptors (Lipinski definition) is 7. The Morgan fingerprint density at radius 2 is 2.07 bits per heavy atom. The molecule has 0 aliphatic carbocycles. The maximum Gasteiger partial charge on any atom is 0.407 e. The van der Waals surface area contributed by atoms with Crippen molar-refractivity contribution in [1.29, 1.82) is 0 Å². The lowest BCUT2D eigenvalue weighted by atomic mass is 10.1. The van der Waals surface area contributed by atoms with Crippen LogP contribution in [0.25, 0.3) is 10.8 Å². The normalized spacial score (nSPS) is 16.8. The highest BCUT2D eigenvalue weighted by Gasteiger charge is 2.30. The Kier molecular flexibility index (Phi) is 6.04. The number of aromatic nitrogens is 2. The third-order valence-corrected chi connectivity index (χ3v) is 4.33. The number of imide groups is 1. The number of carbonyl (C=O) groups excluding carboxylic acids is 3. The monoisotopic (exact) mass is 416 g/mol. The Hall–Kier alpha value is -3.43. The number of benzene rings is 1. The van der Waals surface area contributed by atoms with E-state index in [-0.39, 0.29) is 37.3 Å². The second kappa shape index (κ2) is 8.52. The van der Waals surface area contributed by atoms with Crippen molar-refractivity contribution in [1.82, 2.24) is 20.4 Å². The molecule has 30 heavy (non-hydrogen) atoms. The fourth-order valence-electron chi connectivity index (χ4n) is 3.06. The van der Waals surface area contributed by atoms with E-state index in [1.165, 1.54) is 6.20 Å². The predicted molar refractivity (Wildman–Crippen MR) is 107 cm³/mol. The van der Waals surface area contributed by atoms with Crippen molar-refractivity contribution in [2.24, 2.45) is 0 Å². The highest BCUT2D eigenvalue weighted by molar-refractivity contribution is 5.99. The van der Waals surface area contributed by atoms with Crippen molar-refractivity contribution in [2.75, 3.05) is 13.2 Å². The number of nitrogens with zero attached hydrogens (tertiary/aromatic N) is 2. The number of piperidine rings is 1. The zero-order valence-corrected chi connectivity index (χ0v) is 17.1. The smallest absolute Gasteiger partial charge is 0.407 e. The first-order chi connectivity index (χ1) is 14.2. The minimum Gasteiger partial charge on any atom is -0.491 e. The first-order valence-electron chi connectivity index (χ1n) is 9.59. The molecule has 0 radical (unpaired) electrons. The topological polar surface area (TPSA) is 129 Å². The molecule has 2 heterocycles. The van der Waals surface area contributed by atoms with E-state index in [2.05, 4.69) is 15.7 Å². The Morgan fingerprint density at radius 1 is 1.30 bits per heavy atom. The average molecular weight is 416 g/mol. The van der Waals surface area contributed by atoms with Crippen molar-refractivity contribution in [3.05, 3.63) is 34.7 Å². The van der Waals surface area contributed by atoms with Crippen molar-refractivity contribution < 1.29 is 23.9 Å². The number of amides is 3. The lowest BCUT2D eigenvalue weighted by molar-refractivity contribution is -0.136. The highest BCUT2D eigenvalue weighted by Crippen LogP contribution is 2.23. The Labute approximate surface area is 172 Å². The quantitative estimate of drug-likeness (QED) is 0.555. The van der Waals surface area contributed by atoms with E-state index >= 15 is 0 Å². The lowest BCUT2D eigenvalue weighted by Crippen LogP contribution is -2.45. The fraction of sp³-hybridized carbons (Fsp3) is 0.450. The van der Waals surface area contributed by atoms with E-state index in [0.717, 1.165) is 4.68 Å². The molecule has 1 fully saturated rings. The molecule has 1 unspecified atom stereocenters. The number of ether oxygens (including phenoxy) is 2. The second-order valence-corrected chi connectivity index (χ2v) is 7.86. The third kappa shape index (κ3) is 4.94. The molecule has 1 aliphatic heterocycles. The van der Waals surface area contributed by atoms with Crippen molar-refractivity contribution in [3.63, 3.8) is 0 Å². The van der Waals surface area contributed by atoms with Gasteiger partial charge in [0.15, 0.2) is 0 Å². The standard InChI is InChI=1S/C20H24N4O6/c1-20(2,3)30-19(28)21-9-10-29-14-6-4-5-12-11-22-24(18(27)16(12)14)13-7-8-15(25)23-17(13)26/h4-6,11,13H,7-10H2,1-3H3,(H,21,28)(H,23,25,26). The summed E-state index contributed by atoms with van der Waals surface area (Å²) in [6.07, 6.45) is 1.25. The minimum atomic E-state index is -0.860. The number of nitrogens with one attached hydrogen (secondary N) is 2. The van der Waals surface area contributed by atoms with Gasteiger partial charge in [-0.3, -0.25) is 19.7 Å². The molecule has 2 aromatic rings. The van der Waals surface area contributed by atoms with Crippen LogP contribution in [0.3, 0.4) is 0 Å². The predicted octanol–water partition coefficient (Wildman–Crippen LogP) is 1.28. The van der Waals surface area contributed by atoms with Gasteiger partial charge in [-0.25, -0.2) is 9.48 Å². The maximum atomic E-state index is 13.0. The molecule has 3 amide bonds. The van der Waals surface area contributed by atoms with Crippen LogP contribution in [0.1, 0.15) is 39.7 Å². The molecule has 160 valence electrons. The van der Waals surface area contributed by atoms with Crippen LogP contribution < -0.4 is 20.9 Å². The molecule has 1 aliphatic rings. The molecule has 1 atom stereocenters. The van der Waals surface area contributed by atoms with Gasteiger partial charge in [0.05, 0.1) is 18.1 Å². The van der Waals surface area contributed by atoms with Crippen LogP contribution in [0, 0.1) is 0 Å². The van der Waals surface area contributed by atoms with Gasteiger partial charge in [-0.1, -0.05) is 12.1 Å². The number of carbonyl (C=O) groups is 3. The summed E-state index contributed by atoms with van der Waals surface area (Å²) in [5, 5.41) is 9.74. The summed E-state index contributed by atoms with van der Waals surface area (Å²) < 4.78 is 11.9. The first-order valence-corrected chi connectivity index (χ1v) is 9.59. The Balaban J connectivity index is 1.76. The van der Waals surface area contributed by atoms with E-state index in [1.54, 1.807) is 39.0 Å². The van der Waals surface area contributed by atoms with Crippen LogP contribution in [0.2, 0.25) is 0 Å². The first kappa shape index (κ1) is 21.3. The van der Waals surface area contributed by atoms with Gasteiger partial charge in [0.25, 0.3) is 11.5 Å². The van der Waals surface area contributed by atoms with Crippen LogP contribution in [0.5, 0.6) is 5.75 Å². The number of fused-ring (bicyclic) bond motifs is 1. The summed E-state index contributed by atoms with van der Waals surface area (Å²) in [5.41, 5.74) is -1.09. The van der Waals surface area contributed by atoms with Gasteiger partial charge < -0.3 is 14.8 Å². The fourth-order valence-corrected chi connectivity index (χ4v) is 3.06. The Bertz CT molecular complexity index is 1040. The van der Waals surface area contributed by atoms with Crippen LogP contribution >= 0.6 is 0 Å². The number of hydrogen-bond donors (Lipinski definition) is 2. The maximum absolute atomic E-state index is 13.0. The summed E-state index contributed by atoms with van der Waals surface area (Å²) in [6.45, 7) is 5.58. The molecule has 10 heteroatoms. The van der Waals surface area contributed by atoms with Crippen molar-refractivity contribution >= 4 is 28.7 Å². The van der Waals surface area contributed by atoms with E-state index in [4.69, 9.17) is 9.47 Å². The average Bonchev–Trinajstić information content (AvgIpc) is 2.65. The zero-order valence-electron chi connectivity index (χ0n) is 17.1. The summed E-state index contributed by atoms with van der Waals surface area (Å²) >= 11 is 0. The van der Waals surface area contributed by atoms with E-state index in [9.17, 15) is 19.2 Å². The molecule has 0 saturated carbocycles. The van der Waals surface area contributed by atoms with Gasteiger partial charge >= 0.3 is 6.09 Å². The highest BCUT2D eigenvalue weighted by atomic mass is 16.6. The molecular weight excluding hydrogens is 392 g/mol. The van der Waals surface area contributed by atoms with E-state index < -0.39 is 29.2 Å². The summed E-state index contributed by atoms with van der Waals surface area (Å²) in [5.74, 6) is -0.612. The van der Waals surface area contributed by atoms with Crippen LogP contribution in [0.15, 0.2) is 29.2 Å². The van der Waals surface area contributed by atoms with Gasteiger partial charge in [-0.2, -0.15) is 5.10 Å². The second-order valence-electron chi connectivity index (χ2n) is 7.86. The zero-order chi connectivity index (χ0) is 21.9. The molecule has 2 N–H and O–H groups in total. The number of alkyl carbamates (subject to hydrolysis) is 1. The van der Waals surface area contributed by atoms with Crippen LogP contribution in [0.4, 0.5) is 4.79 Å². The molecule has 0 spiro atoms. The van der Waals surface area contributed by atoms with Gasteiger partial charge in [-0.15, -0.1) is 0 Å². The van der Waals surface area contributed by atoms with E-state index in [0.29, 0.717) is 11.1 Å². The molecule has 1 aromatic carbocycles. The van der Waals surface area contributed by atoms with E-state index in [1.807, 2.05) is 0 Å². The third-order valence-electron chi connectivity index (χ3n) is 4.33. The minimum absolute atomic E-state index is 0.110. The number of rotatable bonds is 5. The largest absolute Gasteiger partial charge is 0.491 e. The molecule has 1 aromatic heterocycles. The SMILES string of the molecule is CC(C)(C)OC(=O)NCCOc1cccc2cnn(C3CCC(=O)NC3=O)c(=O)c12. The van der Waals surface area contributed by atoms with Crippen molar-refractivity contribution in [3.8, 4) is 5.75 Å². The Morgan fingerprint density at radius 3 is 2.77 bits per heavy atom. The summed E-state index contributed by atoms with van der Waals surface area (Å²) in [4.78, 5) is 48.2. The summed E-state index contributed by atoms with van der Waals surface area (Å²) in [7, 11) is 0. The van der Waals surface area contributed by atoms with Crippen molar-refractivity contribution in [2.45, 2.75) is 45.3 Å². The molecule has 1 saturated heterocycles. The molecule has 10 nitrogen and oxygen atoms in total. The van der Waals surface area contributed by atoms with Gasteiger partial charge in [-0.05, 0) is 33.3 Å². The molecule has 3 rings (SSSR count). The van der Waals surface area contributed by atoms with Gasteiger partial charge in [0.1, 0.15) is 24.0 Å². The lowest BCUT2D eigenvalue weighted by Gasteiger charge is -2.22. The van der Waals surface area contributed by atoms with Crippen LogP contribution in [-0.4, -0.2) is 46.4 Å².